The fourth-order valence-electron chi connectivity index (χ4n) is 3.26. The summed E-state index contributed by atoms with van der Waals surface area (Å²) in [6, 6.07) is 8.69. The van der Waals surface area contributed by atoms with Crippen LogP contribution in [-0.4, -0.2) is 44.9 Å². The highest BCUT2D eigenvalue weighted by Crippen LogP contribution is 2.29. The lowest BCUT2D eigenvalue weighted by molar-refractivity contribution is -0.129. The summed E-state index contributed by atoms with van der Waals surface area (Å²) >= 11 is 0. The molecule has 1 aliphatic rings. The number of carboxylic acids is 1. The molecule has 3 rings (SSSR count). The van der Waals surface area contributed by atoms with Gasteiger partial charge in [-0.25, -0.2) is 14.8 Å². The first kappa shape index (κ1) is 17.1. The lowest BCUT2D eigenvalue weighted by atomic mass is 9.95. The Morgan fingerprint density at radius 2 is 1.84 bits per heavy atom. The van der Waals surface area contributed by atoms with Crippen molar-refractivity contribution in [2.45, 2.75) is 32.6 Å². The molecule has 130 valence electrons. The summed E-state index contributed by atoms with van der Waals surface area (Å²) in [7, 11) is 0. The van der Waals surface area contributed by atoms with Crippen molar-refractivity contribution < 1.29 is 14.7 Å². The van der Waals surface area contributed by atoms with Crippen molar-refractivity contribution in [1.82, 2.24) is 14.9 Å². The van der Waals surface area contributed by atoms with E-state index in [1.807, 2.05) is 24.0 Å². The SMILES string of the molecule is CC(=O)N1CCC(c2nc(C)cc(-c3ccccc3C(=O)O)n2)CC1. The smallest absolute Gasteiger partial charge is 0.336 e. The van der Waals surface area contributed by atoms with Crippen molar-refractivity contribution in [2.24, 2.45) is 0 Å². The van der Waals surface area contributed by atoms with Crippen molar-refractivity contribution >= 4 is 11.9 Å². The minimum Gasteiger partial charge on any atom is -0.478 e. The number of aryl methyl sites for hydroxylation is 1. The highest BCUT2D eigenvalue weighted by molar-refractivity contribution is 5.95. The van der Waals surface area contributed by atoms with Crippen LogP contribution in [-0.2, 0) is 4.79 Å². The zero-order chi connectivity index (χ0) is 18.0. The molecule has 25 heavy (non-hydrogen) atoms. The number of likely N-dealkylation sites (tertiary alicyclic amines) is 1. The molecular weight excluding hydrogens is 318 g/mol. The van der Waals surface area contributed by atoms with Gasteiger partial charge >= 0.3 is 5.97 Å². The first-order valence-corrected chi connectivity index (χ1v) is 8.39. The van der Waals surface area contributed by atoms with Gasteiger partial charge in [0.1, 0.15) is 5.82 Å². The molecule has 0 bridgehead atoms. The second kappa shape index (κ2) is 7.01. The molecule has 1 aromatic heterocycles. The zero-order valence-corrected chi connectivity index (χ0v) is 14.4. The predicted molar refractivity (Wildman–Crippen MR) is 93.4 cm³/mol. The van der Waals surface area contributed by atoms with Crippen LogP contribution in [0, 0.1) is 6.92 Å². The quantitative estimate of drug-likeness (QED) is 0.929. The van der Waals surface area contributed by atoms with Crippen LogP contribution in [0.2, 0.25) is 0 Å². The van der Waals surface area contributed by atoms with Gasteiger partial charge in [-0.2, -0.15) is 0 Å². The molecule has 0 spiro atoms. The van der Waals surface area contributed by atoms with E-state index in [9.17, 15) is 14.7 Å². The number of piperidine rings is 1. The number of carbonyl (C=O) groups is 2. The molecule has 1 N–H and O–H groups in total. The van der Waals surface area contributed by atoms with E-state index in [0.29, 0.717) is 24.3 Å². The predicted octanol–water partition coefficient (Wildman–Crippen LogP) is 2.88. The van der Waals surface area contributed by atoms with Crippen LogP contribution < -0.4 is 0 Å². The lowest BCUT2D eigenvalue weighted by Crippen LogP contribution is -2.36. The number of amides is 1. The van der Waals surface area contributed by atoms with Gasteiger partial charge in [-0.05, 0) is 31.9 Å². The highest BCUT2D eigenvalue weighted by Gasteiger charge is 2.25. The molecule has 2 heterocycles. The minimum atomic E-state index is -0.969. The Kier molecular flexibility index (Phi) is 4.79. The van der Waals surface area contributed by atoms with E-state index in [2.05, 4.69) is 9.97 Å². The number of rotatable bonds is 3. The summed E-state index contributed by atoms with van der Waals surface area (Å²) in [5.74, 6) is 0.0486. The topological polar surface area (TPSA) is 83.4 Å². The number of hydrogen-bond donors (Lipinski definition) is 1. The Bertz CT molecular complexity index is 811. The van der Waals surface area contributed by atoms with Gasteiger partial charge in [0.2, 0.25) is 5.91 Å². The third kappa shape index (κ3) is 3.68. The van der Waals surface area contributed by atoms with Crippen LogP contribution >= 0.6 is 0 Å². The maximum absolute atomic E-state index is 11.5. The summed E-state index contributed by atoms with van der Waals surface area (Å²) in [5, 5.41) is 9.41. The lowest BCUT2D eigenvalue weighted by Gasteiger charge is -2.30. The van der Waals surface area contributed by atoms with E-state index in [1.54, 1.807) is 25.1 Å². The van der Waals surface area contributed by atoms with Gasteiger partial charge in [-0.1, -0.05) is 18.2 Å². The Morgan fingerprint density at radius 1 is 1.16 bits per heavy atom. The van der Waals surface area contributed by atoms with E-state index >= 15 is 0 Å². The number of aromatic nitrogens is 2. The normalized spacial score (nSPS) is 15.2. The van der Waals surface area contributed by atoms with Crippen molar-refractivity contribution in [3.8, 4) is 11.3 Å². The monoisotopic (exact) mass is 339 g/mol. The number of aromatic carboxylic acids is 1. The van der Waals surface area contributed by atoms with Crippen LogP contribution in [0.1, 0.15) is 47.6 Å². The first-order chi connectivity index (χ1) is 12.0. The molecule has 0 radical (unpaired) electrons. The van der Waals surface area contributed by atoms with Crippen molar-refractivity contribution in [3.05, 3.63) is 47.4 Å². The molecule has 0 saturated carbocycles. The van der Waals surface area contributed by atoms with Gasteiger partial charge in [-0.15, -0.1) is 0 Å². The summed E-state index contributed by atoms with van der Waals surface area (Å²) in [6.07, 6.45) is 1.64. The van der Waals surface area contributed by atoms with Crippen LogP contribution in [0.25, 0.3) is 11.3 Å². The van der Waals surface area contributed by atoms with Gasteiger partial charge in [0.15, 0.2) is 0 Å². The molecule has 0 unspecified atom stereocenters. The number of hydrogen-bond acceptors (Lipinski definition) is 4. The van der Waals surface area contributed by atoms with Crippen molar-refractivity contribution in [1.29, 1.82) is 0 Å². The van der Waals surface area contributed by atoms with E-state index in [1.165, 1.54) is 0 Å². The molecule has 2 aromatic rings. The summed E-state index contributed by atoms with van der Waals surface area (Å²) < 4.78 is 0. The molecule has 1 saturated heterocycles. The highest BCUT2D eigenvalue weighted by atomic mass is 16.4. The third-order valence-corrected chi connectivity index (χ3v) is 4.61. The van der Waals surface area contributed by atoms with Gasteiger partial charge in [0, 0.05) is 37.2 Å². The second-order valence-electron chi connectivity index (χ2n) is 6.38. The van der Waals surface area contributed by atoms with E-state index < -0.39 is 5.97 Å². The van der Waals surface area contributed by atoms with E-state index in [0.717, 1.165) is 24.4 Å². The van der Waals surface area contributed by atoms with Gasteiger partial charge in [-0.3, -0.25) is 4.79 Å². The average Bonchev–Trinajstić information content (AvgIpc) is 2.61. The molecule has 1 aromatic carbocycles. The average molecular weight is 339 g/mol. The largest absolute Gasteiger partial charge is 0.478 e. The zero-order valence-electron chi connectivity index (χ0n) is 14.4. The maximum atomic E-state index is 11.5. The molecule has 1 amide bonds. The summed E-state index contributed by atoms with van der Waals surface area (Å²) in [4.78, 5) is 34.0. The molecule has 0 atom stereocenters. The Balaban J connectivity index is 1.92. The Hall–Kier alpha value is -2.76. The second-order valence-corrected chi connectivity index (χ2v) is 6.38. The fraction of sp³-hybridized carbons (Fsp3) is 0.368. The molecule has 1 aliphatic heterocycles. The first-order valence-electron chi connectivity index (χ1n) is 8.39. The number of carboxylic acid groups (broad SMARTS) is 1. The fourth-order valence-corrected chi connectivity index (χ4v) is 3.26. The number of benzene rings is 1. The van der Waals surface area contributed by atoms with Crippen LogP contribution in [0.5, 0.6) is 0 Å². The van der Waals surface area contributed by atoms with Crippen molar-refractivity contribution in [2.75, 3.05) is 13.1 Å². The number of carbonyl (C=O) groups excluding carboxylic acids is 1. The molecule has 1 fully saturated rings. The molecule has 0 aliphatic carbocycles. The van der Waals surface area contributed by atoms with E-state index in [-0.39, 0.29) is 17.4 Å². The van der Waals surface area contributed by atoms with Gasteiger partial charge in [0.05, 0.1) is 11.3 Å². The standard InChI is InChI=1S/C19H21N3O3/c1-12-11-17(15-5-3-4-6-16(15)19(24)25)21-18(20-12)14-7-9-22(10-8-14)13(2)23/h3-6,11,14H,7-10H2,1-2H3,(H,24,25). The third-order valence-electron chi connectivity index (χ3n) is 4.61. The van der Waals surface area contributed by atoms with E-state index in [4.69, 9.17) is 0 Å². The molecular formula is C19H21N3O3. The van der Waals surface area contributed by atoms with Gasteiger partial charge < -0.3 is 10.0 Å². The van der Waals surface area contributed by atoms with Gasteiger partial charge in [0.25, 0.3) is 0 Å². The Labute approximate surface area is 146 Å². The molecule has 6 nitrogen and oxygen atoms in total. The number of nitrogens with zero attached hydrogens (tertiary/aromatic N) is 3. The van der Waals surface area contributed by atoms with Crippen LogP contribution in [0.3, 0.4) is 0 Å². The van der Waals surface area contributed by atoms with Crippen LogP contribution in [0.4, 0.5) is 0 Å². The molecule has 6 heteroatoms. The Morgan fingerprint density at radius 3 is 2.48 bits per heavy atom. The van der Waals surface area contributed by atoms with Crippen molar-refractivity contribution in [3.63, 3.8) is 0 Å². The summed E-state index contributed by atoms with van der Waals surface area (Å²) in [5.41, 5.74) is 2.28. The van der Waals surface area contributed by atoms with Crippen LogP contribution in [0.15, 0.2) is 30.3 Å². The minimum absolute atomic E-state index is 0.0969. The summed E-state index contributed by atoms with van der Waals surface area (Å²) in [6.45, 7) is 4.89. The maximum Gasteiger partial charge on any atom is 0.336 e.